The summed E-state index contributed by atoms with van der Waals surface area (Å²) >= 11 is 0. The molecule has 1 nitrogen and oxygen atoms in total. The fraction of sp³-hybridized carbons (Fsp3) is 0.733. The van der Waals surface area contributed by atoms with Crippen molar-refractivity contribution < 1.29 is 1.43 Å². The van der Waals surface area contributed by atoms with Gasteiger partial charge in [0.15, 0.2) is 0 Å². The van der Waals surface area contributed by atoms with Crippen LogP contribution in [-0.2, 0) is 0 Å². The lowest BCUT2D eigenvalue weighted by molar-refractivity contribution is 0.205. The summed E-state index contributed by atoms with van der Waals surface area (Å²) in [5.74, 6) is 1.68. The topological polar surface area (TPSA) is 3.24 Å². The first-order valence-corrected chi connectivity index (χ1v) is 6.81. The van der Waals surface area contributed by atoms with Crippen LogP contribution in [0.2, 0.25) is 0 Å². The van der Waals surface area contributed by atoms with Gasteiger partial charge in [0.1, 0.15) is 0 Å². The first-order chi connectivity index (χ1) is 7.74. The molecule has 0 radical (unpaired) electrons. The first-order valence-electron chi connectivity index (χ1n) is 6.81. The van der Waals surface area contributed by atoms with Crippen LogP contribution in [0.5, 0.6) is 0 Å². The molecule has 0 spiro atoms. The van der Waals surface area contributed by atoms with E-state index in [0.717, 1.165) is 11.8 Å². The number of likely N-dealkylation sites (tertiary alicyclic amines) is 1. The van der Waals surface area contributed by atoms with E-state index < -0.39 is 0 Å². The molecule has 1 unspecified atom stereocenters. The highest BCUT2D eigenvalue weighted by Crippen LogP contribution is 2.20. The lowest BCUT2D eigenvalue weighted by Gasteiger charge is -2.30. The molecule has 0 aromatic rings. The van der Waals surface area contributed by atoms with Crippen LogP contribution in [0.25, 0.3) is 0 Å². The quantitative estimate of drug-likeness (QED) is 0.640. The van der Waals surface area contributed by atoms with Crippen LogP contribution >= 0.6 is 0 Å². The molecule has 1 atom stereocenters. The Morgan fingerprint density at radius 1 is 1.31 bits per heavy atom. The highest BCUT2D eigenvalue weighted by Gasteiger charge is 2.16. The molecule has 1 heteroatoms. The van der Waals surface area contributed by atoms with Crippen molar-refractivity contribution in [3.63, 3.8) is 0 Å². The van der Waals surface area contributed by atoms with Crippen molar-refractivity contribution in [3.8, 4) is 0 Å². The highest BCUT2D eigenvalue weighted by molar-refractivity contribution is 5.14. The zero-order chi connectivity index (χ0) is 11.4. The monoisotopic (exact) mass is 221 g/mol. The minimum atomic E-state index is 0. The van der Waals surface area contributed by atoms with Gasteiger partial charge in [-0.2, -0.15) is 0 Å². The number of hydrogen-bond acceptors (Lipinski definition) is 1. The van der Waals surface area contributed by atoms with E-state index >= 15 is 0 Å². The van der Waals surface area contributed by atoms with E-state index in [2.05, 4.69) is 37.0 Å². The maximum atomic E-state index is 2.63. The molecule has 1 saturated heterocycles. The van der Waals surface area contributed by atoms with E-state index in [4.69, 9.17) is 0 Å². The lowest BCUT2D eigenvalue weighted by atomic mass is 9.98. The van der Waals surface area contributed by atoms with Crippen molar-refractivity contribution in [2.45, 2.75) is 39.5 Å². The average Bonchev–Trinajstić information content (AvgIpc) is 2.47. The van der Waals surface area contributed by atoms with Crippen LogP contribution in [0, 0.1) is 11.8 Å². The van der Waals surface area contributed by atoms with Crippen LogP contribution in [0.4, 0.5) is 0 Å². The zero-order valence-electron chi connectivity index (χ0n) is 10.8. The molecule has 1 heterocycles. The Bertz CT molecular complexity index is 275. The fourth-order valence-electron chi connectivity index (χ4n) is 2.60. The second kappa shape index (κ2) is 5.67. The second-order valence-corrected chi connectivity index (χ2v) is 5.67. The zero-order valence-corrected chi connectivity index (χ0v) is 10.8. The van der Waals surface area contributed by atoms with Crippen LogP contribution < -0.4 is 0 Å². The van der Waals surface area contributed by atoms with Gasteiger partial charge in [-0.15, -0.1) is 0 Å². The van der Waals surface area contributed by atoms with Crippen LogP contribution in [0.1, 0.15) is 41.0 Å². The summed E-state index contributed by atoms with van der Waals surface area (Å²) in [5.41, 5.74) is 1.63. The van der Waals surface area contributed by atoms with Gasteiger partial charge in [0.2, 0.25) is 0 Å². The molecule has 0 amide bonds. The van der Waals surface area contributed by atoms with Crippen LogP contribution in [-0.4, -0.2) is 24.5 Å². The molecule has 2 rings (SSSR count). The average molecular weight is 221 g/mol. The van der Waals surface area contributed by atoms with Crippen LogP contribution in [0.15, 0.2) is 23.8 Å². The third-order valence-corrected chi connectivity index (χ3v) is 3.93. The predicted octanol–water partition coefficient (Wildman–Crippen LogP) is 3.88. The van der Waals surface area contributed by atoms with Gasteiger partial charge in [0, 0.05) is 7.97 Å². The molecular weight excluding hydrogens is 194 g/mol. The number of piperidine rings is 1. The van der Waals surface area contributed by atoms with Gasteiger partial charge in [-0.25, -0.2) is 0 Å². The standard InChI is InChI=1S/C15H25N.H2/c1-13-4-3-5-15(7-6-13)12-16-10-8-14(2)9-11-16;/h3-4,7,13-14H,5-6,8-12H2,1-2H3;1H. The Labute approximate surface area is 102 Å². The molecule has 0 N–H and O–H groups in total. The van der Waals surface area contributed by atoms with Crippen molar-refractivity contribution in [1.82, 2.24) is 4.90 Å². The maximum absolute atomic E-state index is 2.63. The minimum Gasteiger partial charge on any atom is -0.299 e. The van der Waals surface area contributed by atoms with Gasteiger partial charge < -0.3 is 0 Å². The normalized spacial score (nSPS) is 28.9. The number of nitrogens with zero attached hydrogens (tertiary/aromatic N) is 1. The SMILES string of the molecule is CC1C=CCC(CN2CCC(C)CC2)=CC1.[HH]. The summed E-state index contributed by atoms with van der Waals surface area (Å²) in [5, 5.41) is 0. The molecule has 0 aromatic heterocycles. The Kier molecular flexibility index (Phi) is 4.22. The fourth-order valence-corrected chi connectivity index (χ4v) is 2.60. The molecule has 1 aliphatic heterocycles. The summed E-state index contributed by atoms with van der Waals surface area (Å²) in [4.78, 5) is 2.63. The predicted molar refractivity (Wildman–Crippen MR) is 72.6 cm³/mol. The van der Waals surface area contributed by atoms with E-state index in [9.17, 15) is 0 Å². The number of rotatable bonds is 2. The van der Waals surface area contributed by atoms with Gasteiger partial charge in [-0.3, -0.25) is 4.90 Å². The third kappa shape index (κ3) is 3.48. The molecule has 92 valence electrons. The molecule has 1 aliphatic carbocycles. The highest BCUT2D eigenvalue weighted by atomic mass is 15.1. The molecule has 16 heavy (non-hydrogen) atoms. The largest absolute Gasteiger partial charge is 0.299 e. The number of allylic oxidation sites excluding steroid dienone is 3. The van der Waals surface area contributed by atoms with Crippen molar-refractivity contribution in [2.75, 3.05) is 19.6 Å². The van der Waals surface area contributed by atoms with E-state index in [0.29, 0.717) is 0 Å². The Balaban J connectivity index is 0.00000144. The summed E-state index contributed by atoms with van der Waals surface area (Å²) in [6, 6.07) is 0. The van der Waals surface area contributed by atoms with Crippen molar-refractivity contribution >= 4 is 0 Å². The molecule has 2 aliphatic rings. The van der Waals surface area contributed by atoms with E-state index in [1.165, 1.54) is 45.3 Å². The molecule has 0 aromatic carbocycles. The maximum Gasteiger partial charge on any atom is 0.0195 e. The van der Waals surface area contributed by atoms with Crippen molar-refractivity contribution in [2.24, 2.45) is 11.8 Å². The minimum absolute atomic E-state index is 0. The molecule has 1 fully saturated rings. The van der Waals surface area contributed by atoms with Gasteiger partial charge in [0.05, 0.1) is 0 Å². The summed E-state index contributed by atoms with van der Waals surface area (Å²) < 4.78 is 0. The molecule has 0 saturated carbocycles. The Morgan fingerprint density at radius 2 is 2.06 bits per heavy atom. The third-order valence-electron chi connectivity index (χ3n) is 3.93. The summed E-state index contributed by atoms with van der Waals surface area (Å²) in [6.45, 7) is 8.50. The second-order valence-electron chi connectivity index (χ2n) is 5.67. The Morgan fingerprint density at radius 3 is 2.81 bits per heavy atom. The van der Waals surface area contributed by atoms with Crippen molar-refractivity contribution in [1.29, 1.82) is 0 Å². The van der Waals surface area contributed by atoms with Gasteiger partial charge in [0.25, 0.3) is 0 Å². The van der Waals surface area contributed by atoms with E-state index in [-0.39, 0.29) is 1.43 Å². The number of hydrogen-bond donors (Lipinski definition) is 0. The summed E-state index contributed by atoms with van der Waals surface area (Å²) in [6.07, 6.45) is 12.4. The molecular formula is C15H27N. The van der Waals surface area contributed by atoms with E-state index in [1.54, 1.807) is 5.57 Å². The molecule has 0 bridgehead atoms. The van der Waals surface area contributed by atoms with Crippen molar-refractivity contribution in [3.05, 3.63) is 23.8 Å². The van der Waals surface area contributed by atoms with Crippen LogP contribution in [0.3, 0.4) is 0 Å². The van der Waals surface area contributed by atoms with Gasteiger partial charge >= 0.3 is 0 Å². The lowest BCUT2D eigenvalue weighted by Crippen LogP contribution is -2.34. The first kappa shape index (κ1) is 11.9. The Hall–Kier alpha value is -0.560. The van der Waals surface area contributed by atoms with E-state index in [1.807, 2.05) is 0 Å². The summed E-state index contributed by atoms with van der Waals surface area (Å²) in [7, 11) is 0. The smallest absolute Gasteiger partial charge is 0.0195 e. The van der Waals surface area contributed by atoms with Gasteiger partial charge in [-0.1, -0.05) is 37.6 Å². The van der Waals surface area contributed by atoms with Gasteiger partial charge in [-0.05, 0) is 50.6 Å².